The van der Waals surface area contributed by atoms with Gasteiger partial charge in [-0.25, -0.2) is 0 Å². The molecule has 1 aliphatic carbocycles. The number of hydrogen-bond acceptors (Lipinski definition) is 3. The molecule has 0 aromatic heterocycles. The van der Waals surface area contributed by atoms with Crippen LogP contribution in [0.2, 0.25) is 0 Å². The van der Waals surface area contributed by atoms with Gasteiger partial charge in [-0.3, -0.25) is 4.99 Å². The number of ether oxygens (including phenoxy) is 1. The zero-order valence-corrected chi connectivity index (χ0v) is 19.0. The van der Waals surface area contributed by atoms with Crippen LogP contribution in [0.4, 0.5) is 0 Å². The lowest BCUT2D eigenvalue weighted by molar-refractivity contribution is 0.0794. The van der Waals surface area contributed by atoms with Gasteiger partial charge in [-0.15, -0.1) is 24.0 Å². The summed E-state index contributed by atoms with van der Waals surface area (Å²) in [4.78, 5) is 4.93. The van der Waals surface area contributed by atoms with E-state index in [0.29, 0.717) is 11.5 Å². The van der Waals surface area contributed by atoms with Crippen molar-refractivity contribution in [1.82, 2.24) is 10.6 Å². The van der Waals surface area contributed by atoms with Crippen LogP contribution >= 0.6 is 35.7 Å². The molecule has 1 saturated heterocycles. The predicted molar refractivity (Wildman–Crippen MR) is 117 cm³/mol. The molecule has 6 heteroatoms. The van der Waals surface area contributed by atoms with E-state index in [1.54, 1.807) is 0 Å². The van der Waals surface area contributed by atoms with E-state index in [1.165, 1.54) is 25.7 Å². The van der Waals surface area contributed by atoms with Gasteiger partial charge < -0.3 is 15.4 Å². The third kappa shape index (κ3) is 6.90. The summed E-state index contributed by atoms with van der Waals surface area (Å²) in [7, 11) is 0. The van der Waals surface area contributed by atoms with Crippen LogP contribution in [-0.2, 0) is 4.74 Å². The molecule has 2 fully saturated rings. The Hall–Kier alpha value is 0.310. The average molecular weight is 469 g/mol. The van der Waals surface area contributed by atoms with Gasteiger partial charge in [-0.1, -0.05) is 13.8 Å². The Kier molecular flexibility index (Phi) is 9.74. The number of hydrogen-bond donors (Lipinski definition) is 2. The molecular formula is C18H36IN3OS. The summed E-state index contributed by atoms with van der Waals surface area (Å²) in [5, 5.41) is 7.10. The number of nitrogens with one attached hydrogen (secondary N) is 2. The maximum absolute atomic E-state index is 5.53. The highest BCUT2D eigenvalue weighted by Crippen LogP contribution is 2.35. The van der Waals surface area contributed by atoms with Crippen LogP contribution in [0.1, 0.15) is 59.3 Å². The fraction of sp³-hybridized carbons (Fsp3) is 0.944. The van der Waals surface area contributed by atoms with Crippen molar-refractivity contribution in [3.63, 3.8) is 0 Å². The molecule has 0 radical (unpaired) electrons. The molecule has 142 valence electrons. The lowest BCUT2D eigenvalue weighted by Gasteiger charge is -2.36. The lowest BCUT2D eigenvalue weighted by atomic mass is 9.75. The fourth-order valence-corrected chi connectivity index (χ4v) is 4.22. The van der Waals surface area contributed by atoms with Crippen LogP contribution < -0.4 is 10.6 Å². The molecule has 0 bridgehead atoms. The van der Waals surface area contributed by atoms with Crippen LogP contribution in [0.3, 0.4) is 0 Å². The van der Waals surface area contributed by atoms with Crippen LogP contribution in [0.15, 0.2) is 4.99 Å². The molecule has 1 saturated carbocycles. The Labute approximate surface area is 169 Å². The predicted octanol–water partition coefficient (Wildman–Crippen LogP) is 4.04. The second-order valence-corrected chi connectivity index (χ2v) is 9.05. The van der Waals surface area contributed by atoms with Crippen molar-refractivity contribution >= 4 is 41.7 Å². The van der Waals surface area contributed by atoms with Gasteiger partial charge in [0.25, 0.3) is 0 Å². The first kappa shape index (κ1) is 22.4. The molecule has 0 atom stereocenters. The molecule has 0 aromatic rings. The monoisotopic (exact) mass is 469 g/mol. The highest BCUT2D eigenvalue weighted by molar-refractivity contribution is 14.0. The highest BCUT2D eigenvalue weighted by Gasteiger charge is 2.32. The van der Waals surface area contributed by atoms with Gasteiger partial charge in [0.2, 0.25) is 0 Å². The van der Waals surface area contributed by atoms with Gasteiger partial charge in [-0.2, -0.15) is 11.8 Å². The maximum Gasteiger partial charge on any atom is 0.191 e. The van der Waals surface area contributed by atoms with Crippen LogP contribution in [-0.4, -0.2) is 49.3 Å². The number of halogens is 1. The Morgan fingerprint density at radius 3 is 2.33 bits per heavy atom. The molecule has 1 aliphatic heterocycles. The molecule has 4 nitrogen and oxygen atoms in total. The van der Waals surface area contributed by atoms with E-state index < -0.39 is 0 Å². The Balaban J connectivity index is 0.00000288. The van der Waals surface area contributed by atoms with E-state index >= 15 is 0 Å². The highest BCUT2D eigenvalue weighted by atomic mass is 127. The van der Waals surface area contributed by atoms with Gasteiger partial charge in [0.1, 0.15) is 0 Å². The van der Waals surface area contributed by atoms with E-state index in [4.69, 9.17) is 9.73 Å². The quantitative estimate of drug-likeness (QED) is 0.363. The second-order valence-electron chi connectivity index (χ2n) is 7.78. The van der Waals surface area contributed by atoms with Crippen molar-refractivity contribution < 1.29 is 4.74 Å². The summed E-state index contributed by atoms with van der Waals surface area (Å²) < 4.78 is 5.79. The van der Waals surface area contributed by atoms with Crippen molar-refractivity contribution in [2.45, 2.75) is 70.1 Å². The summed E-state index contributed by atoms with van der Waals surface area (Å²) in [5.41, 5.74) is 0.513. The summed E-state index contributed by atoms with van der Waals surface area (Å²) >= 11 is 1.96. The van der Waals surface area contributed by atoms with Gasteiger partial charge in [0, 0.05) is 30.5 Å². The molecule has 0 spiro atoms. The van der Waals surface area contributed by atoms with Crippen molar-refractivity contribution in [3.05, 3.63) is 0 Å². The second kappa shape index (κ2) is 10.5. The standard InChI is InChI=1S/C18H35N3OS.HI/c1-5-19-16(21-15-6-8-17(2,3)9-7-15)20-14-18(23-4)10-12-22-13-11-18;/h15H,5-14H2,1-4H3,(H2,19,20,21);1H. The fourth-order valence-electron chi connectivity index (χ4n) is 3.45. The Morgan fingerprint density at radius 1 is 1.17 bits per heavy atom. The average Bonchev–Trinajstić information content (AvgIpc) is 2.55. The van der Waals surface area contributed by atoms with Crippen LogP contribution in [0, 0.1) is 5.41 Å². The van der Waals surface area contributed by atoms with E-state index in [1.807, 2.05) is 11.8 Å². The maximum atomic E-state index is 5.53. The first-order chi connectivity index (χ1) is 11.0. The minimum absolute atomic E-state index is 0. The van der Waals surface area contributed by atoms with Gasteiger partial charge in [0.05, 0.1) is 6.54 Å². The smallest absolute Gasteiger partial charge is 0.191 e. The summed E-state index contributed by atoms with van der Waals surface area (Å²) in [6, 6.07) is 0.570. The van der Waals surface area contributed by atoms with Gasteiger partial charge in [0.15, 0.2) is 5.96 Å². The third-order valence-corrected chi connectivity index (χ3v) is 6.79. The van der Waals surface area contributed by atoms with Crippen molar-refractivity contribution in [2.24, 2.45) is 10.4 Å². The molecular weight excluding hydrogens is 433 g/mol. The largest absolute Gasteiger partial charge is 0.381 e. The molecule has 0 amide bonds. The van der Waals surface area contributed by atoms with E-state index in [0.717, 1.165) is 45.1 Å². The Bertz CT molecular complexity index is 388. The molecule has 2 N–H and O–H groups in total. The van der Waals surface area contributed by atoms with Crippen LogP contribution in [0.25, 0.3) is 0 Å². The summed E-state index contributed by atoms with van der Waals surface area (Å²) in [5.74, 6) is 0.997. The molecule has 0 unspecified atom stereocenters. The van der Waals surface area contributed by atoms with Gasteiger partial charge >= 0.3 is 0 Å². The lowest BCUT2D eigenvalue weighted by Crippen LogP contribution is -2.46. The molecule has 2 rings (SSSR count). The minimum atomic E-state index is 0. The topological polar surface area (TPSA) is 45.7 Å². The van der Waals surface area contributed by atoms with E-state index in [2.05, 4.69) is 37.7 Å². The number of thioether (sulfide) groups is 1. The third-order valence-electron chi connectivity index (χ3n) is 5.39. The molecule has 1 heterocycles. The number of rotatable bonds is 5. The number of aliphatic imine (C=N–C) groups is 1. The van der Waals surface area contributed by atoms with Crippen LogP contribution in [0.5, 0.6) is 0 Å². The van der Waals surface area contributed by atoms with E-state index in [9.17, 15) is 0 Å². The van der Waals surface area contributed by atoms with Crippen molar-refractivity contribution in [2.75, 3.05) is 32.6 Å². The number of guanidine groups is 1. The number of nitrogens with zero attached hydrogens (tertiary/aromatic N) is 1. The molecule has 2 aliphatic rings. The summed E-state index contributed by atoms with van der Waals surface area (Å²) in [6.45, 7) is 10.5. The summed E-state index contributed by atoms with van der Waals surface area (Å²) in [6.07, 6.45) is 9.53. The minimum Gasteiger partial charge on any atom is -0.381 e. The first-order valence-electron chi connectivity index (χ1n) is 9.16. The molecule has 24 heavy (non-hydrogen) atoms. The van der Waals surface area contributed by atoms with Crippen molar-refractivity contribution in [3.8, 4) is 0 Å². The normalized spacial score (nSPS) is 24.1. The Morgan fingerprint density at radius 2 is 1.79 bits per heavy atom. The SMILES string of the molecule is CCNC(=NCC1(SC)CCOCC1)NC1CCC(C)(C)CC1.I. The zero-order valence-electron chi connectivity index (χ0n) is 15.8. The van der Waals surface area contributed by atoms with Gasteiger partial charge in [-0.05, 0) is 57.1 Å². The first-order valence-corrected chi connectivity index (χ1v) is 10.4. The zero-order chi connectivity index (χ0) is 16.8. The van der Waals surface area contributed by atoms with E-state index in [-0.39, 0.29) is 28.7 Å². The van der Waals surface area contributed by atoms with Crippen molar-refractivity contribution in [1.29, 1.82) is 0 Å². The molecule has 0 aromatic carbocycles.